The Kier molecular flexibility index (Phi) is 3.86. The van der Waals surface area contributed by atoms with Gasteiger partial charge >= 0.3 is 0 Å². The average Bonchev–Trinajstić information content (AvgIpc) is 3.08. The molecule has 2 rings (SSSR count). The van der Waals surface area contributed by atoms with E-state index in [4.69, 9.17) is 5.26 Å². The molecule has 0 spiro atoms. The molecule has 0 aromatic heterocycles. The molecule has 0 heterocycles. The average molecular weight is 220 g/mol. The van der Waals surface area contributed by atoms with E-state index in [1.807, 2.05) is 0 Å². The molecule has 2 saturated carbocycles. The zero-order valence-electron chi connectivity index (χ0n) is 10.5. The molecule has 16 heavy (non-hydrogen) atoms. The first-order chi connectivity index (χ1) is 7.76. The Morgan fingerprint density at radius 3 is 2.56 bits per heavy atom. The summed E-state index contributed by atoms with van der Waals surface area (Å²) in [5.74, 6) is 0.881. The Morgan fingerprint density at radius 1 is 1.31 bits per heavy atom. The van der Waals surface area contributed by atoms with E-state index in [1.54, 1.807) is 0 Å². The van der Waals surface area contributed by atoms with Crippen molar-refractivity contribution in [2.45, 2.75) is 64.3 Å². The molecule has 0 amide bonds. The summed E-state index contributed by atoms with van der Waals surface area (Å²) in [6, 6.07) is 2.98. The van der Waals surface area contributed by atoms with Crippen molar-refractivity contribution in [3.05, 3.63) is 0 Å². The Bertz CT molecular complexity index is 256. The van der Waals surface area contributed by atoms with E-state index in [2.05, 4.69) is 18.3 Å². The molecule has 0 saturated heterocycles. The van der Waals surface area contributed by atoms with Crippen LogP contribution in [-0.2, 0) is 0 Å². The van der Waals surface area contributed by atoms with E-state index in [9.17, 15) is 0 Å². The maximum Gasteiger partial charge on any atom is 0.0628 e. The molecule has 2 heteroatoms. The van der Waals surface area contributed by atoms with Gasteiger partial charge in [-0.1, -0.05) is 19.3 Å². The van der Waals surface area contributed by atoms with E-state index >= 15 is 0 Å². The number of hydrogen-bond acceptors (Lipinski definition) is 2. The number of rotatable bonds is 5. The molecule has 0 aromatic rings. The number of nitriles is 1. The highest BCUT2D eigenvalue weighted by atomic mass is 14.9. The number of nitrogens with one attached hydrogen (secondary N) is 1. The Morgan fingerprint density at radius 2 is 2.00 bits per heavy atom. The first-order valence-corrected chi connectivity index (χ1v) is 6.86. The van der Waals surface area contributed by atoms with Gasteiger partial charge in [0.05, 0.1) is 6.07 Å². The highest BCUT2D eigenvalue weighted by Crippen LogP contribution is 2.48. The Balaban J connectivity index is 1.71. The summed E-state index contributed by atoms with van der Waals surface area (Å²) in [5.41, 5.74) is 0.359. The van der Waals surface area contributed by atoms with E-state index in [-0.39, 0.29) is 0 Å². The van der Waals surface area contributed by atoms with Crippen molar-refractivity contribution in [1.82, 2.24) is 5.32 Å². The summed E-state index contributed by atoms with van der Waals surface area (Å²) in [6.07, 6.45) is 10.3. The summed E-state index contributed by atoms with van der Waals surface area (Å²) in [5, 5.41) is 12.5. The normalized spacial score (nSPS) is 26.0. The lowest BCUT2D eigenvalue weighted by Gasteiger charge is -2.29. The zero-order chi connectivity index (χ0) is 11.4. The van der Waals surface area contributed by atoms with Crippen molar-refractivity contribution in [3.63, 3.8) is 0 Å². The third-order valence-electron chi connectivity index (χ3n) is 4.57. The topological polar surface area (TPSA) is 35.8 Å². The van der Waals surface area contributed by atoms with Gasteiger partial charge in [-0.15, -0.1) is 0 Å². The molecule has 1 atom stereocenters. The van der Waals surface area contributed by atoms with Gasteiger partial charge in [0.25, 0.3) is 0 Å². The van der Waals surface area contributed by atoms with Gasteiger partial charge < -0.3 is 5.32 Å². The first-order valence-electron chi connectivity index (χ1n) is 6.86. The van der Waals surface area contributed by atoms with Gasteiger partial charge in [0.1, 0.15) is 0 Å². The molecule has 0 unspecified atom stereocenters. The Hall–Kier alpha value is -0.550. The van der Waals surface area contributed by atoms with Crippen molar-refractivity contribution >= 4 is 0 Å². The van der Waals surface area contributed by atoms with Gasteiger partial charge in [0.15, 0.2) is 0 Å². The highest BCUT2D eigenvalue weighted by molar-refractivity contribution is 5.01. The highest BCUT2D eigenvalue weighted by Gasteiger charge is 2.42. The molecule has 0 radical (unpaired) electrons. The summed E-state index contributed by atoms with van der Waals surface area (Å²) in [4.78, 5) is 0. The van der Waals surface area contributed by atoms with E-state index in [0.717, 1.165) is 18.9 Å². The van der Waals surface area contributed by atoms with Crippen LogP contribution in [0.15, 0.2) is 0 Å². The van der Waals surface area contributed by atoms with Crippen LogP contribution in [0, 0.1) is 22.7 Å². The van der Waals surface area contributed by atoms with E-state index in [0.29, 0.717) is 11.5 Å². The fraction of sp³-hybridized carbons (Fsp3) is 0.929. The number of nitrogens with zero attached hydrogens (tertiary/aromatic N) is 1. The van der Waals surface area contributed by atoms with Crippen LogP contribution < -0.4 is 5.32 Å². The number of hydrogen-bond donors (Lipinski definition) is 1. The van der Waals surface area contributed by atoms with Crippen LogP contribution in [0.4, 0.5) is 0 Å². The fourth-order valence-corrected chi connectivity index (χ4v) is 2.94. The van der Waals surface area contributed by atoms with Gasteiger partial charge in [-0.25, -0.2) is 0 Å². The van der Waals surface area contributed by atoms with Crippen molar-refractivity contribution in [2.75, 3.05) is 6.54 Å². The monoisotopic (exact) mass is 220 g/mol. The van der Waals surface area contributed by atoms with Crippen molar-refractivity contribution < 1.29 is 0 Å². The first kappa shape index (κ1) is 11.9. The second-order valence-electron chi connectivity index (χ2n) is 5.90. The van der Waals surface area contributed by atoms with Crippen LogP contribution >= 0.6 is 0 Å². The fourth-order valence-electron chi connectivity index (χ4n) is 2.94. The standard InChI is InChI=1S/C14H24N2/c1-12(13-5-3-2-4-6-13)16-11-14(7-8-14)9-10-15/h12-13,16H,2-9,11H2,1H3/t12-/m0/s1. The molecule has 2 nitrogen and oxygen atoms in total. The molecule has 0 aliphatic heterocycles. The smallest absolute Gasteiger partial charge is 0.0628 e. The predicted octanol–water partition coefficient (Wildman–Crippen LogP) is 3.24. The van der Waals surface area contributed by atoms with Gasteiger partial charge in [0.2, 0.25) is 0 Å². The lowest BCUT2D eigenvalue weighted by Crippen LogP contribution is -2.38. The molecular formula is C14H24N2. The largest absolute Gasteiger partial charge is 0.313 e. The SMILES string of the molecule is C[C@H](NCC1(CC#N)CC1)C1CCCCC1. The molecule has 0 aromatic carbocycles. The van der Waals surface area contributed by atoms with Crippen LogP contribution in [0.1, 0.15) is 58.3 Å². The minimum atomic E-state index is 0.359. The summed E-state index contributed by atoms with van der Waals surface area (Å²) >= 11 is 0. The zero-order valence-corrected chi connectivity index (χ0v) is 10.5. The van der Waals surface area contributed by atoms with Gasteiger partial charge in [-0.05, 0) is 43.9 Å². The lowest BCUT2D eigenvalue weighted by molar-refractivity contribution is 0.269. The Labute approximate surface area is 99.4 Å². The molecule has 1 N–H and O–H groups in total. The van der Waals surface area contributed by atoms with Crippen LogP contribution in [0.3, 0.4) is 0 Å². The van der Waals surface area contributed by atoms with Crippen LogP contribution in [0.25, 0.3) is 0 Å². The predicted molar refractivity (Wildman–Crippen MR) is 65.9 cm³/mol. The summed E-state index contributed by atoms with van der Waals surface area (Å²) in [7, 11) is 0. The lowest BCUT2D eigenvalue weighted by atomic mass is 9.84. The van der Waals surface area contributed by atoms with E-state index in [1.165, 1.54) is 44.9 Å². The minimum Gasteiger partial charge on any atom is -0.313 e. The van der Waals surface area contributed by atoms with Gasteiger partial charge in [0, 0.05) is 19.0 Å². The maximum absolute atomic E-state index is 8.78. The molecule has 2 fully saturated rings. The van der Waals surface area contributed by atoms with E-state index < -0.39 is 0 Å². The van der Waals surface area contributed by atoms with Crippen molar-refractivity contribution in [2.24, 2.45) is 11.3 Å². The molecule has 90 valence electrons. The van der Waals surface area contributed by atoms with Crippen LogP contribution in [0.2, 0.25) is 0 Å². The van der Waals surface area contributed by atoms with Crippen LogP contribution in [-0.4, -0.2) is 12.6 Å². The molecule has 2 aliphatic rings. The quantitative estimate of drug-likeness (QED) is 0.772. The third kappa shape index (κ3) is 2.98. The molecule has 2 aliphatic carbocycles. The van der Waals surface area contributed by atoms with Crippen LogP contribution in [0.5, 0.6) is 0 Å². The maximum atomic E-state index is 8.78. The summed E-state index contributed by atoms with van der Waals surface area (Å²) in [6.45, 7) is 3.40. The minimum absolute atomic E-state index is 0.359. The third-order valence-corrected chi connectivity index (χ3v) is 4.57. The molecule has 0 bridgehead atoms. The second kappa shape index (κ2) is 5.19. The van der Waals surface area contributed by atoms with Gasteiger partial charge in [-0.3, -0.25) is 0 Å². The second-order valence-corrected chi connectivity index (χ2v) is 5.90. The van der Waals surface area contributed by atoms with Crippen molar-refractivity contribution in [3.8, 4) is 6.07 Å². The van der Waals surface area contributed by atoms with Crippen molar-refractivity contribution in [1.29, 1.82) is 5.26 Å². The van der Waals surface area contributed by atoms with Gasteiger partial charge in [-0.2, -0.15) is 5.26 Å². The summed E-state index contributed by atoms with van der Waals surface area (Å²) < 4.78 is 0. The molecular weight excluding hydrogens is 196 g/mol.